The van der Waals surface area contributed by atoms with Gasteiger partial charge in [0.25, 0.3) is 0 Å². The van der Waals surface area contributed by atoms with E-state index < -0.39 is 0 Å². The number of esters is 1. The van der Waals surface area contributed by atoms with Gasteiger partial charge in [-0.15, -0.1) is 11.8 Å². The smallest absolute Gasteiger partial charge is 0.337 e. The van der Waals surface area contributed by atoms with Gasteiger partial charge in [0, 0.05) is 17.5 Å². The number of hydrogen-bond donors (Lipinski definition) is 1. The van der Waals surface area contributed by atoms with Gasteiger partial charge in [0.1, 0.15) is 0 Å². The molecule has 7 heteroatoms. The molecule has 26 heavy (non-hydrogen) atoms. The van der Waals surface area contributed by atoms with Crippen molar-refractivity contribution in [3.05, 3.63) is 53.6 Å². The lowest BCUT2D eigenvalue weighted by Gasteiger charge is -2.10. The van der Waals surface area contributed by atoms with Gasteiger partial charge >= 0.3 is 5.97 Å². The van der Waals surface area contributed by atoms with Gasteiger partial charge < -0.3 is 19.5 Å². The van der Waals surface area contributed by atoms with Crippen LogP contribution in [0.15, 0.2) is 42.5 Å². The second-order valence-corrected chi connectivity index (χ2v) is 6.28. The lowest BCUT2D eigenvalue weighted by Crippen LogP contribution is -2.14. The van der Waals surface area contributed by atoms with Crippen LogP contribution in [0, 0.1) is 0 Å². The predicted octanol–water partition coefficient (Wildman–Crippen LogP) is 3.36. The first-order valence-corrected chi connectivity index (χ1v) is 8.99. The summed E-state index contributed by atoms with van der Waals surface area (Å²) in [5.41, 5.74) is 2.18. The molecule has 2 aromatic rings. The molecule has 138 valence electrons. The van der Waals surface area contributed by atoms with Crippen molar-refractivity contribution in [3.63, 3.8) is 0 Å². The Balaban J connectivity index is 1.83. The van der Waals surface area contributed by atoms with Gasteiger partial charge in [-0.05, 0) is 29.8 Å². The Hall–Kier alpha value is -2.67. The fourth-order valence-corrected chi connectivity index (χ4v) is 3.02. The normalized spacial score (nSPS) is 10.1. The predicted molar refractivity (Wildman–Crippen MR) is 102 cm³/mol. The van der Waals surface area contributed by atoms with Crippen LogP contribution in [0.2, 0.25) is 0 Å². The monoisotopic (exact) mass is 375 g/mol. The molecular weight excluding hydrogens is 354 g/mol. The number of anilines is 1. The molecule has 0 unspecified atom stereocenters. The summed E-state index contributed by atoms with van der Waals surface area (Å²) < 4.78 is 15.0. The largest absolute Gasteiger partial charge is 0.493 e. The second kappa shape index (κ2) is 9.72. The second-order valence-electron chi connectivity index (χ2n) is 5.30. The number of carbonyl (C=O) groups is 2. The quantitative estimate of drug-likeness (QED) is 0.713. The average Bonchev–Trinajstić information content (AvgIpc) is 2.67. The topological polar surface area (TPSA) is 73.9 Å². The van der Waals surface area contributed by atoms with E-state index in [0.29, 0.717) is 34.3 Å². The Labute approximate surface area is 156 Å². The summed E-state index contributed by atoms with van der Waals surface area (Å²) in [6.45, 7) is 0. The number of hydrogen-bond acceptors (Lipinski definition) is 6. The molecule has 1 amide bonds. The Morgan fingerprint density at radius 2 is 1.65 bits per heavy atom. The summed E-state index contributed by atoms with van der Waals surface area (Å²) in [6, 6.07) is 12.3. The highest BCUT2D eigenvalue weighted by Gasteiger charge is 2.08. The minimum Gasteiger partial charge on any atom is -0.493 e. The highest BCUT2D eigenvalue weighted by atomic mass is 32.2. The lowest BCUT2D eigenvalue weighted by molar-refractivity contribution is -0.113. The van der Waals surface area contributed by atoms with Gasteiger partial charge in [-0.25, -0.2) is 4.79 Å². The lowest BCUT2D eigenvalue weighted by atomic mass is 10.1. The van der Waals surface area contributed by atoms with Crippen LogP contribution < -0.4 is 14.8 Å². The molecule has 0 spiro atoms. The molecule has 0 fully saturated rings. The number of nitrogens with one attached hydrogen (secondary N) is 1. The Bertz CT molecular complexity index is 761. The number of thioether (sulfide) groups is 1. The highest BCUT2D eigenvalue weighted by Crippen LogP contribution is 2.29. The van der Waals surface area contributed by atoms with Crippen LogP contribution in [0.5, 0.6) is 11.5 Å². The van der Waals surface area contributed by atoms with Gasteiger partial charge in [-0.2, -0.15) is 0 Å². The fourth-order valence-electron chi connectivity index (χ4n) is 2.23. The van der Waals surface area contributed by atoms with Crippen LogP contribution in [0.1, 0.15) is 15.9 Å². The first-order chi connectivity index (χ1) is 12.6. The van der Waals surface area contributed by atoms with E-state index in [4.69, 9.17) is 9.47 Å². The van der Waals surface area contributed by atoms with E-state index >= 15 is 0 Å². The number of amides is 1. The molecule has 0 aliphatic carbocycles. The third-order valence-electron chi connectivity index (χ3n) is 3.54. The van der Waals surface area contributed by atoms with Crippen LogP contribution in [-0.2, 0) is 15.3 Å². The minimum atomic E-state index is -0.362. The molecule has 0 radical (unpaired) electrons. The van der Waals surface area contributed by atoms with E-state index in [0.717, 1.165) is 5.56 Å². The first-order valence-electron chi connectivity index (χ1n) is 7.84. The molecule has 0 heterocycles. The molecule has 0 aliphatic rings. The standard InChI is InChI=1S/C19H21NO5S/c1-23-16-9-8-15(10-17(16)24-2)20-18(21)12-26-11-13-4-6-14(7-5-13)19(22)25-3/h4-10H,11-12H2,1-3H3,(H,20,21). The zero-order valence-corrected chi connectivity index (χ0v) is 15.7. The van der Waals surface area contributed by atoms with Gasteiger partial charge in [0.2, 0.25) is 5.91 Å². The summed E-state index contributed by atoms with van der Waals surface area (Å²) in [7, 11) is 4.46. The van der Waals surface area contributed by atoms with Crippen molar-refractivity contribution in [2.75, 3.05) is 32.4 Å². The van der Waals surface area contributed by atoms with Crippen molar-refractivity contribution >= 4 is 29.3 Å². The SMILES string of the molecule is COC(=O)c1ccc(CSCC(=O)Nc2ccc(OC)c(OC)c2)cc1. The maximum atomic E-state index is 12.1. The van der Waals surface area contributed by atoms with Crippen molar-refractivity contribution < 1.29 is 23.8 Å². The summed E-state index contributed by atoms with van der Waals surface area (Å²) >= 11 is 1.49. The molecule has 2 aromatic carbocycles. The molecule has 0 bridgehead atoms. The van der Waals surface area contributed by atoms with E-state index in [-0.39, 0.29) is 11.9 Å². The van der Waals surface area contributed by atoms with Crippen LogP contribution in [-0.4, -0.2) is 39.0 Å². The molecule has 6 nitrogen and oxygen atoms in total. The van der Waals surface area contributed by atoms with Gasteiger partial charge in [0.05, 0.1) is 32.6 Å². The molecule has 0 aromatic heterocycles. The van der Waals surface area contributed by atoms with E-state index in [9.17, 15) is 9.59 Å². The summed E-state index contributed by atoms with van der Waals surface area (Å²) in [5, 5.41) is 2.83. The highest BCUT2D eigenvalue weighted by molar-refractivity contribution is 7.99. The van der Waals surface area contributed by atoms with Crippen molar-refractivity contribution in [1.82, 2.24) is 0 Å². The van der Waals surface area contributed by atoms with Gasteiger partial charge in [0.15, 0.2) is 11.5 Å². The number of rotatable bonds is 8. The van der Waals surface area contributed by atoms with Crippen molar-refractivity contribution in [1.29, 1.82) is 0 Å². The van der Waals surface area contributed by atoms with E-state index in [1.165, 1.54) is 18.9 Å². The molecular formula is C19H21NO5S. The van der Waals surface area contributed by atoms with Crippen molar-refractivity contribution in [3.8, 4) is 11.5 Å². The molecule has 1 N–H and O–H groups in total. The number of carbonyl (C=O) groups excluding carboxylic acids is 2. The summed E-state index contributed by atoms with van der Waals surface area (Å²) in [6.07, 6.45) is 0. The first kappa shape index (κ1) is 19.7. The number of methoxy groups -OCH3 is 3. The summed E-state index contributed by atoms with van der Waals surface area (Å²) in [5.74, 6) is 1.68. The molecule has 2 rings (SSSR count). The molecule has 0 saturated carbocycles. The molecule has 0 atom stereocenters. The van der Waals surface area contributed by atoms with Crippen molar-refractivity contribution in [2.24, 2.45) is 0 Å². The molecule has 0 saturated heterocycles. The van der Waals surface area contributed by atoms with E-state index in [1.807, 2.05) is 12.1 Å². The third kappa shape index (κ3) is 5.42. The van der Waals surface area contributed by atoms with E-state index in [1.54, 1.807) is 44.6 Å². The van der Waals surface area contributed by atoms with Gasteiger partial charge in [-0.1, -0.05) is 12.1 Å². The zero-order chi connectivity index (χ0) is 18.9. The maximum absolute atomic E-state index is 12.1. The average molecular weight is 375 g/mol. The zero-order valence-electron chi connectivity index (χ0n) is 14.9. The van der Waals surface area contributed by atoms with E-state index in [2.05, 4.69) is 10.1 Å². The Kier molecular flexibility index (Phi) is 7.35. The number of ether oxygens (including phenoxy) is 3. The Morgan fingerprint density at radius 3 is 2.27 bits per heavy atom. The fraction of sp³-hybridized carbons (Fsp3) is 0.263. The maximum Gasteiger partial charge on any atom is 0.337 e. The number of benzene rings is 2. The van der Waals surface area contributed by atoms with Crippen LogP contribution in [0.25, 0.3) is 0 Å². The van der Waals surface area contributed by atoms with Crippen molar-refractivity contribution in [2.45, 2.75) is 5.75 Å². The molecule has 0 aliphatic heterocycles. The van der Waals surface area contributed by atoms with Crippen LogP contribution in [0.4, 0.5) is 5.69 Å². The van der Waals surface area contributed by atoms with Crippen LogP contribution >= 0.6 is 11.8 Å². The summed E-state index contributed by atoms with van der Waals surface area (Å²) in [4.78, 5) is 23.5. The van der Waals surface area contributed by atoms with Crippen LogP contribution in [0.3, 0.4) is 0 Å². The van der Waals surface area contributed by atoms with Gasteiger partial charge in [-0.3, -0.25) is 4.79 Å². The third-order valence-corrected chi connectivity index (χ3v) is 4.55. The minimum absolute atomic E-state index is 0.103. The Morgan fingerprint density at radius 1 is 0.962 bits per heavy atom.